The van der Waals surface area contributed by atoms with Crippen molar-refractivity contribution in [2.24, 2.45) is 5.92 Å². The highest BCUT2D eigenvalue weighted by Crippen LogP contribution is 2.47. The van der Waals surface area contributed by atoms with Gasteiger partial charge in [-0.1, -0.05) is 6.58 Å². The van der Waals surface area contributed by atoms with Gasteiger partial charge in [0.25, 0.3) is 0 Å². The molecule has 7 heteroatoms. The summed E-state index contributed by atoms with van der Waals surface area (Å²) in [6.07, 6.45) is 2.72. The minimum absolute atomic E-state index is 0. The lowest BCUT2D eigenvalue weighted by Crippen LogP contribution is -3.00. The summed E-state index contributed by atoms with van der Waals surface area (Å²) in [5.41, 5.74) is 5.98. The van der Waals surface area contributed by atoms with Crippen molar-refractivity contribution in [3.05, 3.63) is 47.7 Å². The van der Waals surface area contributed by atoms with Crippen LogP contribution in [0.15, 0.2) is 30.8 Å². The maximum absolute atomic E-state index is 13.2. The summed E-state index contributed by atoms with van der Waals surface area (Å²) in [6, 6.07) is 8.18. The average molecular weight is 464 g/mol. The van der Waals surface area contributed by atoms with Gasteiger partial charge in [-0.2, -0.15) is 4.57 Å². The molecule has 1 aliphatic carbocycles. The summed E-state index contributed by atoms with van der Waals surface area (Å²) in [5.74, 6) is 3.21. The van der Waals surface area contributed by atoms with E-state index in [1.165, 1.54) is 5.56 Å². The van der Waals surface area contributed by atoms with E-state index in [0.717, 1.165) is 70.6 Å². The number of hydrogen-bond donors (Lipinski definition) is 0. The fourth-order valence-corrected chi connectivity index (χ4v) is 5.33. The van der Waals surface area contributed by atoms with Gasteiger partial charge in [-0.3, -0.25) is 4.79 Å². The lowest BCUT2D eigenvalue weighted by atomic mass is 9.88. The van der Waals surface area contributed by atoms with Crippen molar-refractivity contribution in [1.29, 1.82) is 0 Å². The Kier molecular flexibility index (Phi) is 4.40. The molecule has 168 valence electrons. The van der Waals surface area contributed by atoms with Crippen molar-refractivity contribution in [1.82, 2.24) is 0 Å². The molecule has 6 nitrogen and oxygen atoms in total. The van der Waals surface area contributed by atoms with E-state index in [0.29, 0.717) is 17.1 Å². The monoisotopic (exact) mass is 463 g/mol. The Hall–Kier alpha value is -3.25. The highest BCUT2D eigenvalue weighted by atomic mass is 35.5. The van der Waals surface area contributed by atoms with Crippen LogP contribution in [0.2, 0.25) is 0 Å². The number of nitrogens with zero attached hydrogens (tertiary/aromatic N) is 1. The number of Topliss-reactive ketones (excluding diaryl/α,β-unsaturated/α-hetero) is 1. The fraction of sp³-hybridized carbons (Fsp3) is 0.308. The highest BCUT2D eigenvalue weighted by Gasteiger charge is 2.40. The summed E-state index contributed by atoms with van der Waals surface area (Å²) < 4.78 is 25.1. The Bertz CT molecular complexity index is 1390. The van der Waals surface area contributed by atoms with Gasteiger partial charge in [-0.25, -0.2) is 0 Å². The number of aryl methyl sites for hydroxylation is 2. The van der Waals surface area contributed by atoms with Gasteiger partial charge < -0.3 is 31.4 Å². The van der Waals surface area contributed by atoms with Crippen LogP contribution < -0.4 is 35.9 Å². The van der Waals surface area contributed by atoms with Gasteiger partial charge in [0.1, 0.15) is 5.39 Å². The Morgan fingerprint density at radius 3 is 2.55 bits per heavy atom. The minimum Gasteiger partial charge on any atom is -1.00 e. The second kappa shape index (κ2) is 7.12. The largest absolute Gasteiger partial charge is 1.00 e. The van der Waals surface area contributed by atoms with Crippen molar-refractivity contribution >= 4 is 22.1 Å². The lowest BCUT2D eigenvalue weighted by molar-refractivity contribution is -0.688. The predicted molar refractivity (Wildman–Crippen MR) is 117 cm³/mol. The summed E-state index contributed by atoms with van der Waals surface area (Å²) in [6.45, 7) is 7.61. The number of carbonyl (C=O) groups is 1. The third kappa shape index (κ3) is 2.80. The number of allylic oxidation sites excluding steroid dienone is 1. The topological polar surface area (TPSA) is 57.9 Å². The molecular formula is C26H22ClNO5. The first-order valence-corrected chi connectivity index (χ1v) is 11.1. The first kappa shape index (κ1) is 20.4. The van der Waals surface area contributed by atoms with Crippen LogP contribution in [0, 0.1) is 12.8 Å². The second-order valence-corrected chi connectivity index (χ2v) is 8.93. The minimum atomic E-state index is 0. The zero-order chi connectivity index (χ0) is 21.6. The fourth-order valence-electron chi connectivity index (χ4n) is 5.33. The number of ether oxygens (including phenoxy) is 4. The quantitative estimate of drug-likeness (QED) is 0.430. The molecule has 2 aromatic carbocycles. The van der Waals surface area contributed by atoms with Crippen LogP contribution in [0.1, 0.15) is 29.7 Å². The molecule has 3 aliphatic heterocycles. The molecule has 1 fully saturated rings. The standard InChI is InChI=1S/C26H22NO5.ClH/c1-13-17-5-6-19-26(32-12-29-19)22(17)24(14(2)25(28)15-3-4-15)27-8-7-16-9-20-21(31-11-30-20)10-18(16)23(13)27;/h5-6,9-10,15H,2-4,7-8,11-12H2,1H3;1H/q+1;/p-1. The molecule has 0 atom stereocenters. The molecule has 4 aliphatic rings. The maximum atomic E-state index is 13.2. The number of halogens is 1. The smallest absolute Gasteiger partial charge is 0.231 e. The molecule has 0 unspecified atom stereocenters. The molecule has 7 rings (SSSR count). The van der Waals surface area contributed by atoms with E-state index >= 15 is 0 Å². The van der Waals surface area contributed by atoms with Crippen LogP contribution >= 0.6 is 0 Å². The van der Waals surface area contributed by atoms with E-state index in [2.05, 4.69) is 36.3 Å². The van der Waals surface area contributed by atoms with Gasteiger partial charge in [-0.05, 0) is 49.6 Å². The number of aromatic nitrogens is 1. The predicted octanol–water partition coefficient (Wildman–Crippen LogP) is 1.11. The molecule has 0 spiro atoms. The van der Waals surface area contributed by atoms with E-state index in [1.54, 1.807) is 0 Å². The third-order valence-corrected chi connectivity index (χ3v) is 7.06. The molecule has 1 aromatic heterocycles. The Labute approximate surface area is 197 Å². The van der Waals surface area contributed by atoms with Crippen molar-refractivity contribution in [3.8, 4) is 34.3 Å². The number of hydrogen-bond acceptors (Lipinski definition) is 5. The Balaban J connectivity index is 0.00000206. The molecule has 0 saturated heterocycles. The van der Waals surface area contributed by atoms with Gasteiger partial charge in [0.2, 0.25) is 25.0 Å². The molecule has 1 saturated carbocycles. The molecule has 33 heavy (non-hydrogen) atoms. The summed E-state index contributed by atoms with van der Waals surface area (Å²) in [7, 11) is 0. The van der Waals surface area contributed by atoms with E-state index in [-0.39, 0.29) is 37.7 Å². The number of benzene rings is 2. The first-order chi connectivity index (χ1) is 15.6. The molecule has 3 aromatic rings. The van der Waals surface area contributed by atoms with Gasteiger partial charge in [-0.15, -0.1) is 0 Å². The van der Waals surface area contributed by atoms with Crippen LogP contribution in [0.25, 0.3) is 27.6 Å². The molecule has 4 heterocycles. The van der Waals surface area contributed by atoms with E-state index < -0.39 is 0 Å². The van der Waals surface area contributed by atoms with Crippen LogP contribution in [-0.2, 0) is 17.8 Å². The first-order valence-electron chi connectivity index (χ1n) is 11.1. The van der Waals surface area contributed by atoms with Crippen molar-refractivity contribution in [2.75, 3.05) is 13.6 Å². The third-order valence-electron chi connectivity index (χ3n) is 7.06. The van der Waals surface area contributed by atoms with Crippen molar-refractivity contribution < 1.29 is 40.7 Å². The number of fused-ring (bicyclic) bond motifs is 7. The SMILES string of the molecule is C=C(C(=O)C1CC1)c1c2c3c(ccc2c(C)c2[n+]1CCc1cc4c(cc1-2)OCO4)OCO3.[Cl-]. The Morgan fingerprint density at radius 1 is 1.03 bits per heavy atom. The van der Waals surface area contributed by atoms with Crippen molar-refractivity contribution in [3.63, 3.8) is 0 Å². The van der Waals surface area contributed by atoms with E-state index in [1.807, 2.05) is 6.07 Å². The van der Waals surface area contributed by atoms with Gasteiger partial charge in [0.15, 0.2) is 35.3 Å². The highest BCUT2D eigenvalue weighted by molar-refractivity contribution is 6.24. The zero-order valence-electron chi connectivity index (χ0n) is 18.2. The summed E-state index contributed by atoms with van der Waals surface area (Å²) in [4.78, 5) is 13.2. The van der Waals surface area contributed by atoms with Gasteiger partial charge in [0.05, 0.1) is 11.1 Å². The summed E-state index contributed by atoms with van der Waals surface area (Å²) in [5, 5.41) is 1.97. The molecule has 0 radical (unpaired) electrons. The van der Waals surface area contributed by atoms with Gasteiger partial charge >= 0.3 is 0 Å². The molecular weight excluding hydrogens is 442 g/mol. The van der Waals surface area contributed by atoms with Crippen molar-refractivity contribution in [2.45, 2.75) is 32.7 Å². The number of ketones is 1. The van der Waals surface area contributed by atoms with Crippen LogP contribution in [0.3, 0.4) is 0 Å². The molecule has 0 amide bonds. The van der Waals surface area contributed by atoms with E-state index in [9.17, 15) is 4.79 Å². The number of pyridine rings is 1. The maximum Gasteiger partial charge on any atom is 0.231 e. The molecule has 0 bridgehead atoms. The lowest BCUT2D eigenvalue weighted by Gasteiger charge is -2.22. The number of carbonyl (C=O) groups excluding carboxylic acids is 1. The zero-order valence-corrected chi connectivity index (χ0v) is 19.0. The van der Waals surface area contributed by atoms with E-state index in [4.69, 9.17) is 18.9 Å². The van der Waals surface area contributed by atoms with Gasteiger partial charge in [0, 0.05) is 23.3 Å². The number of rotatable bonds is 3. The summed E-state index contributed by atoms with van der Waals surface area (Å²) >= 11 is 0. The van der Waals surface area contributed by atoms with Crippen LogP contribution in [-0.4, -0.2) is 19.4 Å². The van der Waals surface area contributed by atoms with Crippen LogP contribution in [0.4, 0.5) is 0 Å². The normalized spacial score (nSPS) is 16.8. The molecule has 0 N–H and O–H groups in total. The van der Waals surface area contributed by atoms with Crippen LogP contribution in [0.5, 0.6) is 23.0 Å². The average Bonchev–Trinajstić information content (AvgIpc) is 3.36. The second-order valence-electron chi connectivity index (χ2n) is 8.93. The Morgan fingerprint density at radius 2 is 1.76 bits per heavy atom.